The number of aliphatic hydroxyl groups is 1. The Morgan fingerprint density at radius 3 is 2.74 bits per heavy atom. The Balaban J connectivity index is 1.89. The van der Waals surface area contributed by atoms with Gasteiger partial charge in [-0.1, -0.05) is 15.9 Å². The zero-order valence-electron chi connectivity index (χ0n) is 10.6. The van der Waals surface area contributed by atoms with E-state index in [-0.39, 0.29) is 12.0 Å². The smallest absolute Gasteiger partial charge is 0.243 e. The number of amides is 1. The van der Waals surface area contributed by atoms with Gasteiger partial charge in [0.2, 0.25) is 5.91 Å². The molecule has 102 valence electrons. The van der Waals surface area contributed by atoms with Gasteiger partial charge in [0.05, 0.1) is 24.0 Å². The van der Waals surface area contributed by atoms with Gasteiger partial charge in [-0.2, -0.15) is 0 Å². The number of hydrogen-bond acceptors (Lipinski definition) is 3. The van der Waals surface area contributed by atoms with Gasteiger partial charge in [-0.3, -0.25) is 4.79 Å². The van der Waals surface area contributed by atoms with E-state index in [0.29, 0.717) is 12.6 Å². The molecule has 0 aromatic heterocycles. The van der Waals surface area contributed by atoms with E-state index in [1.165, 1.54) is 0 Å². The number of nitrogens with one attached hydrogen (secondary N) is 1. The van der Waals surface area contributed by atoms with Crippen molar-refractivity contribution in [1.29, 1.82) is 0 Å². The molecule has 19 heavy (non-hydrogen) atoms. The van der Waals surface area contributed by atoms with Crippen molar-refractivity contribution in [3.63, 3.8) is 0 Å². The lowest BCUT2D eigenvalue weighted by Crippen LogP contribution is -2.46. The molecule has 2 aliphatic rings. The highest BCUT2D eigenvalue weighted by Crippen LogP contribution is 2.36. The maximum atomic E-state index is 11.8. The molecular weight excluding hydrogens is 308 g/mol. The number of halogens is 1. The van der Waals surface area contributed by atoms with Crippen molar-refractivity contribution in [3.8, 4) is 0 Å². The minimum Gasteiger partial charge on any atom is -0.393 e. The van der Waals surface area contributed by atoms with E-state index in [0.717, 1.165) is 41.5 Å². The molecule has 0 saturated heterocycles. The van der Waals surface area contributed by atoms with Crippen molar-refractivity contribution in [2.24, 2.45) is 0 Å². The molecule has 0 radical (unpaired) electrons. The van der Waals surface area contributed by atoms with Gasteiger partial charge in [0.1, 0.15) is 0 Å². The van der Waals surface area contributed by atoms with Crippen LogP contribution in [0.15, 0.2) is 22.7 Å². The number of benzene rings is 1. The van der Waals surface area contributed by atoms with Crippen LogP contribution in [0.4, 0.5) is 11.4 Å². The van der Waals surface area contributed by atoms with Crippen LogP contribution in [0, 0.1) is 0 Å². The molecule has 1 heterocycles. The Morgan fingerprint density at radius 2 is 2.00 bits per heavy atom. The second kappa shape index (κ2) is 5.13. The second-order valence-electron chi connectivity index (χ2n) is 5.30. The molecule has 4 nitrogen and oxygen atoms in total. The van der Waals surface area contributed by atoms with Gasteiger partial charge >= 0.3 is 0 Å². The van der Waals surface area contributed by atoms with Gasteiger partial charge in [-0.25, -0.2) is 0 Å². The van der Waals surface area contributed by atoms with Gasteiger partial charge < -0.3 is 15.3 Å². The maximum absolute atomic E-state index is 11.8. The Kier molecular flexibility index (Phi) is 3.50. The summed E-state index contributed by atoms with van der Waals surface area (Å²) in [7, 11) is 0. The minimum atomic E-state index is -0.170. The van der Waals surface area contributed by atoms with Crippen molar-refractivity contribution in [2.45, 2.75) is 37.8 Å². The Labute approximate surface area is 120 Å². The standard InChI is InChI=1S/C14H17BrN2O2/c15-9-1-6-12-13(7-9)17(8-14(19)16-12)10-2-4-11(18)5-3-10/h1,6-7,10-11,18H,2-5,8H2,(H,16,19). The first-order valence-electron chi connectivity index (χ1n) is 6.67. The first kappa shape index (κ1) is 12.9. The zero-order valence-corrected chi connectivity index (χ0v) is 12.2. The molecule has 0 unspecified atom stereocenters. The van der Waals surface area contributed by atoms with Crippen LogP contribution in [-0.2, 0) is 4.79 Å². The largest absolute Gasteiger partial charge is 0.393 e. The number of rotatable bonds is 1. The summed E-state index contributed by atoms with van der Waals surface area (Å²) < 4.78 is 1.02. The monoisotopic (exact) mass is 324 g/mol. The molecule has 1 aliphatic heterocycles. The summed E-state index contributed by atoms with van der Waals surface area (Å²) in [4.78, 5) is 14.0. The van der Waals surface area contributed by atoms with Crippen molar-refractivity contribution in [1.82, 2.24) is 0 Å². The molecule has 1 aliphatic carbocycles. The molecule has 1 fully saturated rings. The number of hydrogen-bond donors (Lipinski definition) is 2. The normalized spacial score (nSPS) is 26.8. The molecule has 0 atom stereocenters. The van der Waals surface area contributed by atoms with E-state index < -0.39 is 0 Å². The van der Waals surface area contributed by atoms with Gasteiger partial charge in [0, 0.05) is 10.5 Å². The van der Waals surface area contributed by atoms with Crippen molar-refractivity contribution in [3.05, 3.63) is 22.7 Å². The third-order valence-electron chi connectivity index (χ3n) is 3.96. The molecule has 1 saturated carbocycles. The molecule has 5 heteroatoms. The summed E-state index contributed by atoms with van der Waals surface area (Å²) in [6.45, 7) is 0.407. The third kappa shape index (κ3) is 2.62. The van der Waals surface area contributed by atoms with Crippen molar-refractivity contribution in [2.75, 3.05) is 16.8 Å². The summed E-state index contributed by atoms with van der Waals surface area (Å²) in [6, 6.07) is 6.27. The fourth-order valence-corrected chi connectivity index (χ4v) is 3.32. The molecule has 2 N–H and O–H groups in total. The van der Waals surface area contributed by atoms with Crippen LogP contribution in [0.3, 0.4) is 0 Å². The number of fused-ring (bicyclic) bond motifs is 1. The average molecular weight is 325 g/mol. The second-order valence-corrected chi connectivity index (χ2v) is 6.22. The highest BCUT2D eigenvalue weighted by Gasteiger charge is 2.30. The van der Waals surface area contributed by atoms with Crippen LogP contribution in [0.5, 0.6) is 0 Å². The van der Waals surface area contributed by atoms with Crippen LogP contribution in [0.25, 0.3) is 0 Å². The number of nitrogens with zero attached hydrogens (tertiary/aromatic N) is 1. The minimum absolute atomic E-state index is 0.0425. The van der Waals surface area contributed by atoms with Gasteiger partial charge in [0.25, 0.3) is 0 Å². The first-order chi connectivity index (χ1) is 9.13. The molecule has 0 bridgehead atoms. The molecular formula is C14H17BrN2O2. The van der Waals surface area contributed by atoms with Crippen LogP contribution >= 0.6 is 15.9 Å². The molecule has 3 rings (SSSR count). The van der Waals surface area contributed by atoms with E-state index in [1.807, 2.05) is 12.1 Å². The van der Waals surface area contributed by atoms with Gasteiger partial charge in [0.15, 0.2) is 0 Å². The fraction of sp³-hybridized carbons (Fsp3) is 0.500. The number of carbonyl (C=O) groups is 1. The topological polar surface area (TPSA) is 52.6 Å². The summed E-state index contributed by atoms with van der Waals surface area (Å²) in [5.41, 5.74) is 1.96. The lowest BCUT2D eigenvalue weighted by Gasteiger charge is -2.40. The Morgan fingerprint density at radius 1 is 1.26 bits per heavy atom. The average Bonchev–Trinajstić information content (AvgIpc) is 2.39. The third-order valence-corrected chi connectivity index (χ3v) is 4.46. The van der Waals surface area contributed by atoms with Crippen LogP contribution in [-0.4, -0.2) is 29.7 Å². The molecule has 1 aromatic carbocycles. The van der Waals surface area contributed by atoms with Crippen LogP contribution in [0.2, 0.25) is 0 Å². The SMILES string of the molecule is O=C1CN(C2CCC(O)CC2)c2cc(Br)ccc2N1. The quantitative estimate of drug-likeness (QED) is 0.834. The lowest BCUT2D eigenvalue weighted by atomic mass is 9.91. The first-order valence-corrected chi connectivity index (χ1v) is 7.47. The van der Waals surface area contributed by atoms with E-state index in [4.69, 9.17) is 0 Å². The van der Waals surface area contributed by atoms with Gasteiger partial charge in [-0.15, -0.1) is 0 Å². The molecule has 1 aromatic rings. The van der Waals surface area contributed by atoms with Crippen LogP contribution in [0.1, 0.15) is 25.7 Å². The van der Waals surface area contributed by atoms with Crippen LogP contribution < -0.4 is 10.2 Å². The fourth-order valence-electron chi connectivity index (χ4n) is 2.97. The highest BCUT2D eigenvalue weighted by molar-refractivity contribution is 9.10. The predicted octanol–water partition coefficient (Wildman–Crippen LogP) is 2.51. The molecule has 1 amide bonds. The van der Waals surface area contributed by atoms with E-state index in [1.54, 1.807) is 0 Å². The molecule has 0 spiro atoms. The maximum Gasteiger partial charge on any atom is 0.243 e. The summed E-state index contributed by atoms with van der Waals surface area (Å²) in [5.74, 6) is 0.0425. The summed E-state index contributed by atoms with van der Waals surface area (Å²) in [5, 5.41) is 12.5. The van der Waals surface area contributed by atoms with E-state index >= 15 is 0 Å². The summed E-state index contributed by atoms with van der Waals surface area (Å²) >= 11 is 3.49. The predicted molar refractivity (Wildman–Crippen MR) is 78.4 cm³/mol. The van der Waals surface area contributed by atoms with Crippen molar-refractivity contribution >= 4 is 33.2 Å². The van der Waals surface area contributed by atoms with Crippen molar-refractivity contribution < 1.29 is 9.90 Å². The summed E-state index contributed by atoms with van der Waals surface area (Å²) in [6.07, 6.45) is 3.37. The van der Waals surface area contributed by atoms with Gasteiger partial charge in [-0.05, 0) is 43.9 Å². The van der Waals surface area contributed by atoms with E-state index in [2.05, 4.69) is 32.2 Å². The van der Waals surface area contributed by atoms with E-state index in [9.17, 15) is 9.90 Å². The number of anilines is 2. The Bertz CT molecular complexity index is 498. The number of aliphatic hydroxyl groups excluding tert-OH is 1. The highest BCUT2D eigenvalue weighted by atomic mass is 79.9. The zero-order chi connectivity index (χ0) is 13.4. The number of carbonyl (C=O) groups excluding carboxylic acids is 1. The Hall–Kier alpha value is -1.07. The lowest BCUT2D eigenvalue weighted by molar-refractivity contribution is -0.115.